The highest BCUT2D eigenvalue weighted by atomic mass is 32.1. The number of anilines is 1. The number of rotatable bonds is 6. The van der Waals surface area contributed by atoms with Crippen molar-refractivity contribution in [3.63, 3.8) is 0 Å². The van der Waals surface area contributed by atoms with Crippen LogP contribution in [0.1, 0.15) is 40.6 Å². The van der Waals surface area contributed by atoms with Gasteiger partial charge >= 0.3 is 11.9 Å². The molecule has 1 aromatic carbocycles. The van der Waals surface area contributed by atoms with Gasteiger partial charge in [-0.2, -0.15) is 0 Å². The van der Waals surface area contributed by atoms with Gasteiger partial charge in [0.2, 0.25) is 5.91 Å². The van der Waals surface area contributed by atoms with Gasteiger partial charge in [0.25, 0.3) is 0 Å². The van der Waals surface area contributed by atoms with Gasteiger partial charge in [-0.05, 0) is 24.0 Å². The Bertz CT molecular complexity index is 894. The van der Waals surface area contributed by atoms with E-state index in [-0.39, 0.29) is 5.56 Å². The summed E-state index contributed by atoms with van der Waals surface area (Å²) in [6.45, 7) is 6.05. The zero-order valence-corrected chi connectivity index (χ0v) is 16.3. The lowest BCUT2D eigenvalue weighted by Gasteiger charge is -2.09. The topological polar surface area (TPSA) is 92.7 Å². The summed E-state index contributed by atoms with van der Waals surface area (Å²) in [7, 11) is 1.27. The van der Waals surface area contributed by atoms with Crippen LogP contribution in [0.3, 0.4) is 0 Å². The molecular formula is C20H21NO5S. The maximum Gasteiger partial charge on any atom is 0.341 e. The monoisotopic (exact) mass is 387 g/mol. The number of hydrogen-bond donors (Lipinski definition) is 2. The maximum absolute atomic E-state index is 12.4. The van der Waals surface area contributed by atoms with Gasteiger partial charge in [0.05, 0.1) is 7.11 Å². The number of carbonyl (C=O) groups is 3. The quantitative estimate of drug-likeness (QED) is 0.572. The molecule has 0 aliphatic carbocycles. The number of carboxylic acid groups (broad SMARTS) is 1. The molecule has 1 heterocycles. The van der Waals surface area contributed by atoms with Crippen LogP contribution in [0.25, 0.3) is 11.1 Å². The largest absolute Gasteiger partial charge is 0.478 e. The van der Waals surface area contributed by atoms with Gasteiger partial charge in [-0.3, -0.25) is 4.79 Å². The molecule has 2 N–H and O–H groups in total. The molecule has 0 spiro atoms. The second kappa shape index (κ2) is 8.64. The number of thiophene rings is 1. The summed E-state index contributed by atoms with van der Waals surface area (Å²) >= 11 is 1.24. The highest BCUT2D eigenvalue weighted by Crippen LogP contribution is 2.40. The molecule has 0 bridgehead atoms. The van der Waals surface area contributed by atoms with Gasteiger partial charge in [-0.15, -0.1) is 11.3 Å². The zero-order chi connectivity index (χ0) is 20.1. The normalized spacial score (nSPS) is 11.0. The first-order valence-electron chi connectivity index (χ1n) is 8.28. The standard InChI is InChI=1S/C20H21NO5S/c1-11(2)13-5-7-14(8-6-13)17-12(3)27-19(18(17)20(25)26-4)21-15(22)9-10-16(23)24/h5-11H,1-4H3,(H,21,22)(H,23,24). The van der Waals surface area contributed by atoms with Gasteiger partial charge in [-0.1, -0.05) is 38.1 Å². The first-order valence-corrected chi connectivity index (χ1v) is 9.10. The fourth-order valence-corrected chi connectivity index (χ4v) is 3.68. The van der Waals surface area contributed by atoms with Gasteiger partial charge in [-0.25, -0.2) is 9.59 Å². The highest BCUT2D eigenvalue weighted by molar-refractivity contribution is 7.17. The average molecular weight is 387 g/mol. The molecule has 2 aromatic rings. The lowest BCUT2D eigenvalue weighted by atomic mass is 9.97. The number of methoxy groups -OCH3 is 1. The van der Waals surface area contributed by atoms with Crippen molar-refractivity contribution in [2.24, 2.45) is 0 Å². The van der Waals surface area contributed by atoms with Crippen LogP contribution < -0.4 is 5.32 Å². The van der Waals surface area contributed by atoms with Gasteiger partial charge < -0.3 is 15.2 Å². The fourth-order valence-electron chi connectivity index (χ4n) is 2.61. The molecule has 1 amide bonds. The number of ether oxygens (including phenoxy) is 1. The van der Waals surface area contributed by atoms with Crippen molar-refractivity contribution in [2.45, 2.75) is 26.7 Å². The Labute approximate surface area is 161 Å². The molecule has 0 aliphatic heterocycles. The van der Waals surface area contributed by atoms with E-state index in [4.69, 9.17) is 9.84 Å². The number of esters is 1. The highest BCUT2D eigenvalue weighted by Gasteiger charge is 2.24. The molecule has 0 fully saturated rings. The van der Waals surface area contributed by atoms with Crippen LogP contribution in [0.2, 0.25) is 0 Å². The molecule has 0 unspecified atom stereocenters. The Balaban J connectivity index is 2.49. The number of carboxylic acids is 1. The molecule has 27 heavy (non-hydrogen) atoms. The molecule has 0 saturated carbocycles. The summed E-state index contributed by atoms with van der Waals surface area (Å²) < 4.78 is 4.90. The molecular weight excluding hydrogens is 366 g/mol. The van der Waals surface area contributed by atoms with Crippen LogP contribution in [0.15, 0.2) is 36.4 Å². The minimum atomic E-state index is -1.23. The fraction of sp³-hybridized carbons (Fsp3) is 0.250. The molecule has 0 radical (unpaired) electrons. The Morgan fingerprint density at radius 1 is 1.15 bits per heavy atom. The van der Waals surface area contributed by atoms with Crippen LogP contribution in [-0.2, 0) is 14.3 Å². The summed E-state index contributed by atoms with van der Waals surface area (Å²) in [5.74, 6) is -2.05. The Morgan fingerprint density at radius 3 is 2.30 bits per heavy atom. The molecule has 2 rings (SSSR count). The lowest BCUT2D eigenvalue weighted by Crippen LogP contribution is -2.12. The summed E-state index contributed by atoms with van der Waals surface area (Å²) in [4.78, 5) is 35.7. The third-order valence-corrected chi connectivity index (χ3v) is 4.97. The lowest BCUT2D eigenvalue weighted by molar-refractivity contribution is -0.131. The van der Waals surface area contributed by atoms with Gasteiger partial charge in [0.1, 0.15) is 10.6 Å². The first-order chi connectivity index (χ1) is 12.7. The summed E-state index contributed by atoms with van der Waals surface area (Å²) in [5.41, 5.74) is 2.97. The van der Waals surface area contributed by atoms with E-state index in [0.717, 1.165) is 22.6 Å². The van der Waals surface area contributed by atoms with E-state index in [1.165, 1.54) is 24.0 Å². The molecule has 142 valence electrons. The predicted molar refractivity (Wildman–Crippen MR) is 105 cm³/mol. The Hall–Kier alpha value is -2.93. The Morgan fingerprint density at radius 2 is 1.78 bits per heavy atom. The summed E-state index contributed by atoms with van der Waals surface area (Å²) in [6.07, 6.45) is 1.63. The first kappa shape index (κ1) is 20.4. The van der Waals surface area contributed by atoms with E-state index in [9.17, 15) is 14.4 Å². The summed E-state index contributed by atoms with van der Waals surface area (Å²) in [5, 5.41) is 11.5. The van der Waals surface area contributed by atoms with E-state index in [2.05, 4.69) is 19.2 Å². The van der Waals surface area contributed by atoms with Crippen molar-refractivity contribution in [3.8, 4) is 11.1 Å². The van der Waals surface area contributed by atoms with Gasteiger partial charge in [0.15, 0.2) is 0 Å². The third-order valence-electron chi connectivity index (χ3n) is 3.95. The SMILES string of the molecule is COC(=O)c1c(NC(=O)C=CC(=O)O)sc(C)c1-c1ccc(C(C)C)cc1. The van der Waals surface area contributed by atoms with Crippen LogP contribution in [0.4, 0.5) is 5.00 Å². The van der Waals surface area contributed by atoms with Crippen molar-refractivity contribution >= 4 is 34.2 Å². The van der Waals surface area contributed by atoms with Crippen LogP contribution in [-0.4, -0.2) is 30.1 Å². The van der Waals surface area contributed by atoms with E-state index < -0.39 is 17.8 Å². The average Bonchev–Trinajstić information content (AvgIpc) is 2.95. The number of amides is 1. The molecule has 0 atom stereocenters. The number of hydrogen-bond acceptors (Lipinski definition) is 5. The third kappa shape index (κ3) is 4.83. The van der Waals surface area contributed by atoms with Crippen LogP contribution in [0.5, 0.6) is 0 Å². The van der Waals surface area contributed by atoms with Crippen molar-refractivity contribution in [1.29, 1.82) is 0 Å². The number of aliphatic carboxylic acids is 1. The maximum atomic E-state index is 12.4. The van der Waals surface area contributed by atoms with Crippen molar-refractivity contribution < 1.29 is 24.2 Å². The molecule has 1 aromatic heterocycles. The molecule has 0 aliphatic rings. The van der Waals surface area contributed by atoms with E-state index in [0.29, 0.717) is 16.5 Å². The number of carbonyl (C=O) groups excluding carboxylic acids is 2. The minimum Gasteiger partial charge on any atom is -0.478 e. The number of benzene rings is 1. The van der Waals surface area contributed by atoms with E-state index in [1.807, 2.05) is 31.2 Å². The van der Waals surface area contributed by atoms with E-state index in [1.54, 1.807) is 0 Å². The molecule has 0 saturated heterocycles. The summed E-state index contributed by atoms with van der Waals surface area (Å²) in [6, 6.07) is 7.89. The van der Waals surface area contributed by atoms with Crippen molar-refractivity contribution in [1.82, 2.24) is 0 Å². The van der Waals surface area contributed by atoms with E-state index >= 15 is 0 Å². The molecule has 7 heteroatoms. The predicted octanol–water partition coefficient (Wildman–Crippen LogP) is 4.21. The molecule has 6 nitrogen and oxygen atoms in total. The van der Waals surface area contributed by atoms with Crippen LogP contribution >= 0.6 is 11.3 Å². The Kier molecular flexibility index (Phi) is 6.52. The van der Waals surface area contributed by atoms with Gasteiger partial charge in [0, 0.05) is 22.6 Å². The van der Waals surface area contributed by atoms with Crippen molar-refractivity contribution in [2.75, 3.05) is 12.4 Å². The number of nitrogens with one attached hydrogen (secondary N) is 1. The van der Waals surface area contributed by atoms with Crippen LogP contribution in [0, 0.1) is 6.92 Å². The number of aryl methyl sites for hydroxylation is 1. The second-order valence-corrected chi connectivity index (χ2v) is 7.39. The smallest absolute Gasteiger partial charge is 0.341 e. The second-order valence-electron chi connectivity index (χ2n) is 6.17. The minimum absolute atomic E-state index is 0.259. The van der Waals surface area contributed by atoms with Crippen molar-refractivity contribution in [3.05, 3.63) is 52.4 Å². The zero-order valence-electron chi connectivity index (χ0n) is 15.5.